The maximum Gasteiger partial charge on any atom is 0.307 e. The highest BCUT2D eigenvalue weighted by molar-refractivity contribution is 7.12. The van der Waals surface area contributed by atoms with Crippen LogP contribution in [-0.4, -0.2) is 34.6 Å². The van der Waals surface area contributed by atoms with Gasteiger partial charge in [0.1, 0.15) is 5.82 Å². The number of imidazole rings is 1. The molecule has 7 heteroatoms. The summed E-state index contributed by atoms with van der Waals surface area (Å²) in [6, 6.07) is 11.6. The molecule has 2 aromatic heterocycles. The van der Waals surface area contributed by atoms with E-state index in [0.717, 1.165) is 23.4 Å². The van der Waals surface area contributed by atoms with Crippen LogP contribution in [0.15, 0.2) is 41.8 Å². The monoisotopic (exact) mass is 371 g/mol. The number of hydrogen-bond donors (Lipinski definition) is 1. The van der Waals surface area contributed by atoms with Gasteiger partial charge in [0.15, 0.2) is 0 Å². The van der Waals surface area contributed by atoms with Crippen LogP contribution >= 0.6 is 11.3 Å². The molecule has 3 aromatic rings. The molecule has 0 bridgehead atoms. The third-order valence-electron chi connectivity index (χ3n) is 3.99. The number of carbonyl (C=O) groups is 2. The van der Waals surface area contributed by atoms with E-state index in [-0.39, 0.29) is 24.8 Å². The van der Waals surface area contributed by atoms with Crippen molar-refractivity contribution in [3.05, 3.63) is 52.5 Å². The molecule has 6 nitrogen and oxygen atoms in total. The number of nitrogens with zero attached hydrogens (tertiary/aromatic N) is 2. The molecule has 0 saturated carbocycles. The van der Waals surface area contributed by atoms with E-state index in [9.17, 15) is 9.59 Å². The number of para-hydroxylation sites is 2. The molecule has 0 spiro atoms. The van der Waals surface area contributed by atoms with Crippen LogP contribution in [0.2, 0.25) is 0 Å². The third kappa shape index (κ3) is 4.49. The van der Waals surface area contributed by atoms with Crippen molar-refractivity contribution in [3.63, 3.8) is 0 Å². The summed E-state index contributed by atoms with van der Waals surface area (Å²) in [5.41, 5.74) is 2.07. The average Bonchev–Trinajstić information content (AvgIpc) is 3.26. The van der Waals surface area contributed by atoms with Gasteiger partial charge in [0.2, 0.25) is 0 Å². The van der Waals surface area contributed by atoms with E-state index in [1.807, 2.05) is 42.6 Å². The quantitative estimate of drug-likeness (QED) is 0.488. The molecule has 0 aliphatic rings. The van der Waals surface area contributed by atoms with E-state index in [0.29, 0.717) is 17.9 Å². The number of thiophene rings is 1. The van der Waals surface area contributed by atoms with E-state index in [4.69, 9.17) is 4.74 Å². The number of fused-ring (bicyclic) bond motifs is 1. The molecular weight excluding hydrogens is 350 g/mol. The molecule has 0 radical (unpaired) electrons. The standard InChI is InChI=1S/C19H21N3O3S/c1-14-21-15-6-2-3-7-16(15)22(14)11-5-12-25-18(23)9-10-20-19(24)17-8-4-13-26-17/h2-4,6-8,13H,5,9-12H2,1H3,(H,20,24). The van der Waals surface area contributed by atoms with Gasteiger partial charge in [0.25, 0.3) is 5.91 Å². The Hall–Kier alpha value is -2.67. The maximum atomic E-state index is 11.8. The lowest BCUT2D eigenvalue weighted by atomic mass is 10.3. The molecule has 2 heterocycles. The number of nitrogens with one attached hydrogen (secondary N) is 1. The predicted octanol–water partition coefficient (Wildman–Crippen LogP) is 3.16. The van der Waals surface area contributed by atoms with Crippen molar-refractivity contribution < 1.29 is 14.3 Å². The van der Waals surface area contributed by atoms with Crippen LogP contribution in [-0.2, 0) is 16.1 Å². The first-order valence-corrected chi connectivity index (χ1v) is 9.42. The van der Waals surface area contributed by atoms with Gasteiger partial charge in [0, 0.05) is 13.1 Å². The molecule has 136 valence electrons. The largest absolute Gasteiger partial charge is 0.466 e. The molecule has 1 amide bonds. The number of ether oxygens (including phenoxy) is 1. The molecule has 1 N–H and O–H groups in total. The Labute approximate surface area is 155 Å². The van der Waals surface area contributed by atoms with Gasteiger partial charge >= 0.3 is 5.97 Å². The lowest BCUT2D eigenvalue weighted by Gasteiger charge is -2.08. The molecule has 0 unspecified atom stereocenters. The Morgan fingerprint density at radius 1 is 1.23 bits per heavy atom. The van der Waals surface area contributed by atoms with E-state index in [2.05, 4.69) is 14.9 Å². The molecule has 0 saturated heterocycles. The summed E-state index contributed by atoms with van der Waals surface area (Å²) < 4.78 is 7.37. The van der Waals surface area contributed by atoms with E-state index >= 15 is 0 Å². The second-order valence-corrected chi connectivity index (χ2v) is 6.80. The highest BCUT2D eigenvalue weighted by Crippen LogP contribution is 2.15. The number of rotatable bonds is 8. The number of amides is 1. The Morgan fingerprint density at radius 3 is 2.88 bits per heavy atom. The number of aromatic nitrogens is 2. The fraction of sp³-hybridized carbons (Fsp3) is 0.316. The zero-order chi connectivity index (χ0) is 18.4. The van der Waals surface area contributed by atoms with E-state index in [1.165, 1.54) is 11.3 Å². The highest BCUT2D eigenvalue weighted by Gasteiger charge is 2.09. The van der Waals surface area contributed by atoms with Crippen LogP contribution in [0.4, 0.5) is 0 Å². The van der Waals surface area contributed by atoms with Gasteiger partial charge in [-0.15, -0.1) is 11.3 Å². The number of carbonyl (C=O) groups excluding carboxylic acids is 2. The fourth-order valence-corrected chi connectivity index (χ4v) is 3.37. The van der Waals surface area contributed by atoms with E-state index < -0.39 is 0 Å². The zero-order valence-electron chi connectivity index (χ0n) is 14.6. The molecular formula is C19H21N3O3S. The first-order chi connectivity index (χ1) is 12.6. The first kappa shape index (κ1) is 18.1. The van der Waals surface area contributed by atoms with Crippen molar-refractivity contribution in [1.29, 1.82) is 0 Å². The minimum absolute atomic E-state index is 0.157. The molecule has 0 fully saturated rings. The van der Waals surface area contributed by atoms with Gasteiger partial charge in [-0.2, -0.15) is 0 Å². The van der Waals surface area contributed by atoms with Gasteiger partial charge < -0.3 is 14.6 Å². The van der Waals surface area contributed by atoms with Crippen LogP contribution in [0, 0.1) is 6.92 Å². The second kappa shape index (κ2) is 8.62. The van der Waals surface area contributed by atoms with Crippen LogP contribution in [0.25, 0.3) is 11.0 Å². The Balaban J connectivity index is 1.36. The molecule has 26 heavy (non-hydrogen) atoms. The third-order valence-corrected chi connectivity index (χ3v) is 4.86. The van der Waals surface area contributed by atoms with Gasteiger partial charge in [-0.25, -0.2) is 4.98 Å². The van der Waals surface area contributed by atoms with Crippen molar-refractivity contribution >= 4 is 34.2 Å². The summed E-state index contributed by atoms with van der Waals surface area (Å²) in [6.07, 6.45) is 0.888. The van der Waals surface area contributed by atoms with Gasteiger partial charge in [-0.1, -0.05) is 18.2 Å². The molecule has 0 atom stereocenters. The smallest absolute Gasteiger partial charge is 0.307 e. The lowest BCUT2D eigenvalue weighted by Crippen LogP contribution is -2.26. The summed E-state index contributed by atoms with van der Waals surface area (Å²) >= 11 is 1.37. The summed E-state index contributed by atoms with van der Waals surface area (Å²) in [6.45, 7) is 3.35. The van der Waals surface area contributed by atoms with Crippen molar-refractivity contribution in [3.8, 4) is 0 Å². The van der Waals surface area contributed by atoms with Crippen LogP contribution in [0.5, 0.6) is 0 Å². The molecule has 0 aliphatic carbocycles. The molecule has 0 aliphatic heterocycles. The minimum atomic E-state index is -0.302. The first-order valence-electron chi connectivity index (χ1n) is 8.54. The summed E-state index contributed by atoms with van der Waals surface area (Å²) in [4.78, 5) is 28.7. The van der Waals surface area contributed by atoms with Crippen molar-refractivity contribution in [2.75, 3.05) is 13.2 Å². The van der Waals surface area contributed by atoms with Gasteiger partial charge in [-0.05, 0) is 36.9 Å². The second-order valence-electron chi connectivity index (χ2n) is 5.86. The van der Waals surface area contributed by atoms with E-state index in [1.54, 1.807) is 6.07 Å². The Bertz CT molecular complexity index is 887. The molecule has 3 rings (SSSR count). The summed E-state index contributed by atoms with van der Waals surface area (Å²) in [5, 5.41) is 4.56. The fourth-order valence-electron chi connectivity index (χ4n) is 2.73. The number of benzene rings is 1. The summed E-state index contributed by atoms with van der Waals surface area (Å²) in [7, 11) is 0. The van der Waals surface area contributed by atoms with Crippen LogP contribution in [0.1, 0.15) is 28.3 Å². The number of aryl methyl sites for hydroxylation is 2. The van der Waals surface area contributed by atoms with Crippen LogP contribution < -0.4 is 5.32 Å². The average molecular weight is 371 g/mol. The minimum Gasteiger partial charge on any atom is -0.466 e. The van der Waals surface area contributed by atoms with Gasteiger partial charge in [0.05, 0.1) is 28.9 Å². The van der Waals surface area contributed by atoms with Gasteiger partial charge in [-0.3, -0.25) is 9.59 Å². The van der Waals surface area contributed by atoms with Crippen molar-refractivity contribution in [2.24, 2.45) is 0 Å². The summed E-state index contributed by atoms with van der Waals surface area (Å²) in [5.74, 6) is 0.493. The predicted molar refractivity (Wildman–Crippen MR) is 101 cm³/mol. The van der Waals surface area contributed by atoms with Crippen molar-refractivity contribution in [2.45, 2.75) is 26.3 Å². The Kier molecular flexibility index (Phi) is 6.01. The SMILES string of the molecule is Cc1nc2ccccc2n1CCCOC(=O)CCNC(=O)c1cccs1. The topological polar surface area (TPSA) is 73.2 Å². The normalized spacial score (nSPS) is 10.8. The van der Waals surface area contributed by atoms with Crippen molar-refractivity contribution in [1.82, 2.24) is 14.9 Å². The van der Waals surface area contributed by atoms with Crippen LogP contribution in [0.3, 0.4) is 0 Å². The molecule has 1 aromatic carbocycles. The lowest BCUT2D eigenvalue weighted by molar-refractivity contribution is -0.143. The zero-order valence-corrected chi connectivity index (χ0v) is 15.4. The highest BCUT2D eigenvalue weighted by atomic mass is 32.1. The maximum absolute atomic E-state index is 11.8. The Morgan fingerprint density at radius 2 is 2.08 bits per heavy atom. The number of esters is 1. The number of hydrogen-bond acceptors (Lipinski definition) is 5.